The number of nitrogens with zero attached hydrogens (tertiary/aromatic N) is 1. The number of carbonyl (C=O) groups is 2. The summed E-state index contributed by atoms with van der Waals surface area (Å²) in [5, 5.41) is 2.82. The van der Waals surface area contributed by atoms with Crippen LogP contribution in [0.5, 0.6) is 0 Å². The molecule has 0 atom stereocenters. The second-order valence-electron chi connectivity index (χ2n) is 5.14. The molecule has 0 aliphatic carbocycles. The van der Waals surface area contributed by atoms with E-state index in [0.29, 0.717) is 12.5 Å². The SMILES string of the molecule is CC(=O)N(CC(=O)NCC(C)C)c1ccc(C)cc1. The molecule has 4 heteroatoms. The van der Waals surface area contributed by atoms with E-state index in [1.165, 1.54) is 11.8 Å². The zero-order chi connectivity index (χ0) is 14.4. The Balaban J connectivity index is 2.71. The molecular weight excluding hydrogens is 240 g/mol. The molecule has 104 valence electrons. The minimum atomic E-state index is -0.136. The van der Waals surface area contributed by atoms with Gasteiger partial charge in [-0.1, -0.05) is 31.5 Å². The van der Waals surface area contributed by atoms with Gasteiger partial charge in [-0.3, -0.25) is 9.59 Å². The highest BCUT2D eigenvalue weighted by atomic mass is 16.2. The van der Waals surface area contributed by atoms with Gasteiger partial charge in [-0.2, -0.15) is 0 Å². The van der Waals surface area contributed by atoms with Crippen molar-refractivity contribution in [2.45, 2.75) is 27.7 Å². The van der Waals surface area contributed by atoms with Crippen LogP contribution in [0.3, 0.4) is 0 Å². The molecule has 1 aromatic rings. The largest absolute Gasteiger partial charge is 0.354 e. The minimum Gasteiger partial charge on any atom is -0.354 e. The summed E-state index contributed by atoms with van der Waals surface area (Å²) >= 11 is 0. The molecule has 0 bridgehead atoms. The standard InChI is InChI=1S/C15H22N2O2/c1-11(2)9-16-15(19)10-17(13(4)18)14-7-5-12(3)6-8-14/h5-8,11H,9-10H2,1-4H3,(H,16,19). The molecule has 0 radical (unpaired) electrons. The van der Waals surface area contributed by atoms with E-state index in [1.54, 1.807) is 0 Å². The van der Waals surface area contributed by atoms with Crippen LogP contribution in [0.2, 0.25) is 0 Å². The molecule has 1 aromatic carbocycles. The van der Waals surface area contributed by atoms with E-state index >= 15 is 0 Å². The van der Waals surface area contributed by atoms with Crippen molar-refractivity contribution >= 4 is 17.5 Å². The maximum absolute atomic E-state index is 11.8. The van der Waals surface area contributed by atoms with Crippen LogP contribution in [0.1, 0.15) is 26.3 Å². The first-order valence-corrected chi connectivity index (χ1v) is 6.51. The van der Waals surface area contributed by atoms with Gasteiger partial charge in [0.15, 0.2) is 0 Å². The second kappa shape index (κ2) is 6.92. The van der Waals surface area contributed by atoms with E-state index in [2.05, 4.69) is 5.32 Å². The van der Waals surface area contributed by atoms with Gasteiger partial charge in [0.2, 0.25) is 11.8 Å². The lowest BCUT2D eigenvalue weighted by molar-refractivity contribution is -0.123. The molecule has 0 heterocycles. The number of hydrogen-bond acceptors (Lipinski definition) is 2. The average Bonchev–Trinajstić information content (AvgIpc) is 2.34. The number of rotatable bonds is 5. The Bertz CT molecular complexity index is 438. The molecule has 0 fully saturated rings. The van der Waals surface area contributed by atoms with Crippen molar-refractivity contribution in [3.8, 4) is 0 Å². The fraction of sp³-hybridized carbons (Fsp3) is 0.467. The molecule has 0 unspecified atom stereocenters. The number of nitrogens with one attached hydrogen (secondary N) is 1. The Labute approximate surface area is 114 Å². The molecule has 0 aromatic heterocycles. The third-order valence-corrected chi connectivity index (χ3v) is 2.73. The number of hydrogen-bond donors (Lipinski definition) is 1. The molecular formula is C15H22N2O2. The maximum atomic E-state index is 11.8. The van der Waals surface area contributed by atoms with Crippen molar-refractivity contribution in [3.63, 3.8) is 0 Å². The van der Waals surface area contributed by atoms with Crippen LogP contribution in [0.25, 0.3) is 0 Å². The lowest BCUT2D eigenvalue weighted by Crippen LogP contribution is -2.40. The van der Waals surface area contributed by atoms with Crippen LogP contribution in [-0.4, -0.2) is 24.9 Å². The zero-order valence-electron chi connectivity index (χ0n) is 12.1. The van der Waals surface area contributed by atoms with Crippen LogP contribution in [0, 0.1) is 12.8 Å². The van der Waals surface area contributed by atoms with Crippen LogP contribution in [0.4, 0.5) is 5.69 Å². The predicted octanol–water partition coefficient (Wildman–Crippen LogP) is 2.12. The van der Waals surface area contributed by atoms with Gasteiger partial charge in [0, 0.05) is 19.2 Å². The van der Waals surface area contributed by atoms with Gasteiger partial charge in [-0.25, -0.2) is 0 Å². The predicted molar refractivity (Wildman–Crippen MR) is 77.1 cm³/mol. The lowest BCUT2D eigenvalue weighted by atomic mass is 10.2. The smallest absolute Gasteiger partial charge is 0.240 e. The first-order valence-electron chi connectivity index (χ1n) is 6.51. The van der Waals surface area contributed by atoms with E-state index in [4.69, 9.17) is 0 Å². The molecule has 0 saturated heterocycles. The number of carbonyl (C=O) groups excluding carboxylic acids is 2. The van der Waals surface area contributed by atoms with Crippen LogP contribution < -0.4 is 10.2 Å². The van der Waals surface area contributed by atoms with Crippen molar-refractivity contribution in [2.75, 3.05) is 18.0 Å². The third kappa shape index (κ3) is 5.12. The quantitative estimate of drug-likeness (QED) is 0.883. The number of amides is 2. The molecule has 4 nitrogen and oxygen atoms in total. The third-order valence-electron chi connectivity index (χ3n) is 2.73. The van der Waals surface area contributed by atoms with Gasteiger partial charge in [-0.15, -0.1) is 0 Å². The zero-order valence-corrected chi connectivity index (χ0v) is 12.1. The molecule has 0 aliphatic heterocycles. The number of benzene rings is 1. The highest BCUT2D eigenvalue weighted by molar-refractivity contribution is 5.97. The van der Waals surface area contributed by atoms with E-state index in [9.17, 15) is 9.59 Å². The van der Waals surface area contributed by atoms with Crippen molar-refractivity contribution in [1.29, 1.82) is 0 Å². The topological polar surface area (TPSA) is 49.4 Å². The van der Waals surface area contributed by atoms with Crippen LogP contribution >= 0.6 is 0 Å². The monoisotopic (exact) mass is 262 g/mol. The Morgan fingerprint density at radius 3 is 2.26 bits per heavy atom. The Morgan fingerprint density at radius 2 is 1.79 bits per heavy atom. The summed E-state index contributed by atoms with van der Waals surface area (Å²) in [6.07, 6.45) is 0. The summed E-state index contributed by atoms with van der Waals surface area (Å²) in [4.78, 5) is 24.9. The summed E-state index contributed by atoms with van der Waals surface area (Å²) in [5.74, 6) is 0.127. The first kappa shape index (κ1) is 15.2. The Morgan fingerprint density at radius 1 is 1.21 bits per heavy atom. The molecule has 19 heavy (non-hydrogen) atoms. The molecule has 0 aliphatic rings. The van der Waals surface area contributed by atoms with E-state index in [-0.39, 0.29) is 18.4 Å². The summed E-state index contributed by atoms with van der Waals surface area (Å²) < 4.78 is 0. The van der Waals surface area contributed by atoms with Gasteiger partial charge in [-0.05, 0) is 25.0 Å². The van der Waals surface area contributed by atoms with E-state index in [1.807, 2.05) is 45.0 Å². The van der Waals surface area contributed by atoms with Crippen molar-refractivity contribution in [3.05, 3.63) is 29.8 Å². The summed E-state index contributed by atoms with van der Waals surface area (Å²) in [6.45, 7) is 8.20. The maximum Gasteiger partial charge on any atom is 0.240 e. The van der Waals surface area contributed by atoms with Crippen LogP contribution in [0.15, 0.2) is 24.3 Å². The Hall–Kier alpha value is -1.84. The normalized spacial score (nSPS) is 10.4. The van der Waals surface area contributed by atoms with Crippen molar-refractivity contribution in [2.24, 2.45) is 5.92 Å². The summed E-state index contributed by atoms with van der Waals surface area (Å²) in [6, 6.07) is 7.56. The molecule has 0 saturated carbocycles. The number of anilines is 1. The van der Waals surface area contributed by atoms with E-state index in [0.717, 1.165) is 11.3 Å². The first-order chi connectivity index (χ1) is 8.90. The Kier molecular flexibility index (Phi) is 5.55. The molecule has 1 N–H and O–H groups in total. The highest BCUT2D eigenvalue weighted by Crippen LogP contribution is 2.15. The van der Waals surface area contributed by atoms with Gasteiger partial charge in [0.25, 0.3) is 0 Å². The fourth-order valence-corrected chi connectivity index (χ4v) is 1.63. The molecule has 2 amide bonds. The lowest BCUT2D eigenvalue weighted by Gasteiger charge is -2.21. The second-order valence-corrected chi connectivity index (χ2v) is 5.14. The molecule has 1 rings (SSSR count). The summed E-state index contributed by atoms with van der Waals surface area (Å²) in [7, 11) is 0. The van der Waals surface area contributed by atoms with Gasteiger partial charge < -0.3 is 10.2 Å². The average molecular weight is 262 g/mol. The van der Waals surface area contributed by atoms with Gasteiger partial charge in [0.05, 0.1) is 0 Å². The fourth-order valence-electron chi connectivity index (χ4n) is 1.63. The highest BCUT2D eigenvalue weighted by Gasteiger charge is 2.15. The number of aryl methyl sites for hydroxylation is 1. The van der Waals surface area contributed by atoms with Crippen molar-refractivity contribution < 1.29 is 9.59 Å². The van der Waals surface area contributed by atoms with Gasteiger partial charge in [0.1, 0.15) is 6.54 Å². The van der Waals surface area contributed by atoms with Gasteiger partial charge >= 0.3 is 0 Å². The minimum absolute atomic E-state index is 0.0606. The van der Waals surface area contributed by atoms with E-state index < -0.39 is 0 Å². The van der Waals surface area contributed by atoms with Crippen LogP contribution in [-0.2, 0) is 9.59 Å². The molecule has 0 spiro atoms. The van der Waals surface area contributed by atoms with Crippen molar-refractivity contribution in [1.82, 2.24) is 5.32 Å². The summed E-state index contributed by atoms with van der Waals surface area (Å²) in [5.41, 5.74) is 1.87.